The van der Waals surface area contributed by atoms with Gasteiger partial charge in [-0.15, -0.1) is 6.58 Å². The van der Waals surface area contributed by atoms with Gasteiger partial charge in [0.15, 0.2) is 0 Å². The van der Waals surface area contributed by atoms with Crippen LogP contribution < -0.4 is 4.90 Å². The molecule has 1 heterocycles. The summed E-state index contributed by atoms with van der Waals surface area (Å²) < 4.78 is 0. The smallest absolute Gasteiger partial charge is 0.258 e. The van der Waals surface area contributed by atoms with Crippen molar-refractivity contribution in [2.45, 2.75) is 13.8 Å². The predicted octanol–water partition coefficient (Wildman–Crippen LogP) is 4.08. The molecule has 0 N–H and O–H groups in total. The Morgan fingerprint density at radius 1 is 1.04 bits per heavy atom. The quantitative estimate of drug-likeness (QED) is 0.681. The first-order valence-corrected chi connectivity index (χ1v) is 7.83. The Hall–Kier alpha value is -3.01. The molecular formula is C20H19N3O. The lowest BCUT2D eigenvalue weighted by atomic mass is 10.1. The first kappa shape index (κ1) is 15.9. The second kappa shape index (κ2) is 6.62. The van der Waals surface area contributed by atoms with Crippen molar-refractivity contribution < 1.29 is 4.79 Å². The van der Waals surface area contributed by atoms with E-state index in [1.165, 1.54) is 0 Å². The number of para-hydroxylation sites is 1. The van der Waals surface area contributed by atoms with Crippen LogP contribution in [0.15, 0.2) is 61.2 Å². The number of hydrogen-bond acceptors (Lipinski definition) is 3. The molecule has 0 atom stereocenters. The molecule has 4 heteroatoms. The van der Waals surface area contributed by atoms with Crippen LogP contribution in [0, 0.1) is 13.8 Å². The monoisotopic (exact) mass is 317 g/mol. The average Bonchev–Trinajstić information content (AvgIpc) is 2.60. The second-order valence-corrected chi connectivity index (χ2v) is 5.64. The zero-order chi connectivity index (χ0) is 17.1. The number of benzene rings is 2. The van der Waals surface area contributed by atoms with E-state index in [2.05, 4.69) is 16.5 Å². The van der Waals surface area contributed by atoms with Crippen LogP contribution in [0.2, 0.25) is 0 Å². The van der Waals surface area contributed by atoms with Crippen LogP contribution in [0.3, 0.4) is 0 Å². The van der Waals surface area contributed by atoms with Gasteiger partial charge in [-0.1, -0.05) is 24.3 Å². The molecule has 0 saturated carbocycles. The highest BCUT2D eigenvalue weighted by Gasteiger charge is 2.17. The van der Waals surface area contributed by atoms with Crippen molar-refractivity contribution in [2.75, 3.05) is 11.4 Å². The van der Waals surface area contributed by atoms with Gasteiger partial charge in [-0.3, -0.25) is 4.79 Å². The number of aromatic nitrogens is 2. The third-order valence-electron chi connectivity index (χ3n) is 3.95. The third kappa shape index (κ3) is 3.04. The molecule has 0 aliphatic rings. The number of fused-ring (bicyclic) bond motifs is 1. The van der Waals surface area contributed by atoms with Gasteiger partial charge in [0.25, 0.3) is 5.91 Å². The molecule has 3 rings (SSSR count). The normalized spacial score (nSPS) is 10.6. The third-order valence-corrected chi connectivity index (χ3v) is 3.95. The number of rotatable bonds is 4. The molecule has 24 heavy (non-hydrogen) atoms. The first-order chi connectivity index (χ1) is 11.6. The first-order valence-electron chi connectivity index (χ1n) is 7.83. The zero-order valence-electron chi connectivity index (χ0n) is 13.9. The Balaban J connectivity index is 2.02. The van der Waals surface area contributed by atoms with E-state index in [0.717, 1.165) is 28.1 Å². The molecule has 0 saturated heterocycles. The maximum Gasteiger partial charge on any atom is 0.258 e. The molecule has 0 bridgehead atoms. The van der Waals surface area contributed by atoms with E-state index in [1.807, 2.05) is 50.2 Å². The number of aryl methyl sites for hydroxylation is 2. The molecule has 0 aliphatic heterocycles. The SMILES string of the molecule is C=CCN(C(=O)c1ccc2nc(C)c(C)nc2c1)c1ccccc1. The van der Waals surface area contributed by atoms with E-state index in [-0.39, 0.29) is 5.91 Å². The maximum atomic E-state index is 13.0. The van der Waals surface area contributed by atoms with Gasteiger partial charge in [0, 0.05) is 17.8 Å². The predicted molar refractivity (Wildman–Crippen MR) is 97.3 cm³/mol. The van der Waals surface area contributed by atoms with Crippen LogP contribution in [-0.2, 0) is 0 Å². The van der Waals surface area contributed by atoms with E-state index >= 15 is 0 Å². The Morgan fingerprint density at radius 3 is 2.38 bits per heavy atom. The van der Waals surface area contributed by atoms with Gasteiger partial charge in [0.2, 0.25) is 0 Å². The zero-order valence-corrected chi connectivity index (χ0v) is 13.9. The van der Waals surface area contributed by atoms with Crippen molar-refractivity contribution >= 4 is 22.6 Å². The molecule has 0 spiro atoms. The van der Waals surface area contributed by atoms with Crippen LogP contribution in [-0.4, -0.2) is 22.4 Å². The van der Waals surface area contributed by atoms with Gasteiger partial charge in [-0.05, 0) is 44.2 Å². The van der Waals surface area contributed by atoms with Crippen LogP contribution in [0.25, 0.3) is 11.0 Å². The van der Waals surface area contributed by atoms with Gasteiger partial charge in [-0.2, -0.15) is 0 Å². The van der Waals surface area contributed by atoms with E-state index in [4.69, 9.17) is 0 Å². The van der Waals surface area contributed by atoms with E-state index in [1.54, 1.807) is 23.1 Å². The summed E-state index contributed by atoms with van der Waals surface area (Å²) in [7, 11) is 0. The number of amides is 1. The van der Waals surface area contributed by atoms with Gasteiger partial charge >= 0.3 is 0 Å². The summed E-state index contributed by atoms with van der Waals surface area (Å²) in [5.41, 5.74) is 4.73. The summed E-state index contributed by atoms with van der Waals surface area (Å²) >= 11 is 0. The highest BCUT2D eigenvalue weighted by atomic mass is 16.2. The van der Waals surface area contributed by atoms with Gasteiger partial charge in [0.1, 0.15) is 0 Å². The Bertz CT molecular complexity index is 903. The lowest BCUT2D eigenvalue weighted by Crippen LogP contribution is -2.31. The minimum Gasteiger partial charge on any atom is -0.305 e. The van der Waals surface area contributed by atoms with Gasteiger partial charge in [0.05, 0.1) is 22.4 Å². The fraction of sp³-hybridized carbons (Fsp3) is 0.150. The summed E-state index contributed by atoms with van der Waals surface area (Å²) in [4.78, 5) is 23.7. The number of nitrogens with zero attached hydrogens (tertiary/aromatic N) is 3. The summed E-state index contributed by atoms with van der Waals surface area (Å²) in [6.07, 6.45) is 1.72. The Morgan fingerprint density at radius 2 is 1.71 bits per heavy atom. The van der Waals surface area contributed by atoms with Crippen molar-refractivity contribution in [3.05, 3.63) is 78.1 Å². The lowest BCUT2D eigenvalue weighted by molar-refractivity contribution is 0.0990. The van der Waals surface area contributed by atoms with E-state index in [9.17, 15) is 4.79 Å². The van der Waals surface area contributed by atoms with Crippen molar-refractivity contribution in [1.29, 1.82) is 0 Å². The summed E-state index contributed by atoms with van der Waals surface area (Å²) in [6.45, 7) is 8.05. The average molecular weight is 317 g/mol. The van der Waals surface area contributed by atoms with Crippen molar-refractivity contribution in [3.63, 3.8) is 0 Å². The molecule has 1 amide bonds. The molecular weight excluding hydrogens is 298 g/mol. The van der Waals surface area contributed by atoms with Gasteiger partial charge < -0.3 is 4.90 Å². The Kier molecular flexibility index (Phi) is 4.38. The van der Waals surface area contributed by atoms with E-state index in [0.29, 0.717) is 12.1 Å². The fourth-order valence-corrected chi connectivity index (χ4v) is 2.56. The topological polar surface area (TPSA) is 46.1 Å². The Labute approximate surface area is 141 Å². The van der Waals surface area contributed by atoms with Crippen LogP contribution in [0.1, 0.15) is 21.7 Å². The molecule has 4 nitrogen and oxygen atoms in total. The highest BCUT2D eigenvalue weighted by Crippen LogP contribution is 2.20. The molecule has 0 fully saturated rings. The molecule has 3 aromatic rings. The maximum absolute atomic E-state index is 13.0. The molecule has 0 unspecified atom stereocenters. The standard InChI is InChI=1S/C20H19N3O/c1-4-12-23(17-8-6-5-7-9-17)20(24)16-10-11-18-19(13-16)22-15(3)14(2)21-18/h4-11,13H,1,12H2,2-3H3. The highest BCUT2D eigenvalue weighted by molar-refractivity contribution is 6.07. The minimum absolute atomic E-state index is 0.0805. The molecule has 1 aromatic heterocycles. The summed E-state index contributed by atoms with van der Waals surface area (Å²) in [5.74, 6) is -0.0805. The summed E-state index contributed by atoms with van der Waals surface area (Å²) in [6, 6.07) is 15.0. The number of carbonyl (C=O) groups is 1. The fourth-order valence-electron chi connectivity index (χ4n) is 2.56. The van der Waals surface area contributed by atoms with Crippen molar-refractivity contribution in [2.24, 2.45) is 0 Å². The summed E-state index contributed by atoms with van der Waals surface area (Å²) in [5, 5.41) is 0. The molecule has 120 valence electrons. The second-order valence-electron chi connectivity index (χ2n) is 5.64. The van der Waals surface area contributed by atoms with Crippen LogP contribution in [0.4, 0.5) is 5.69 Å². The number of anilines is 1. The largest absolute Gasteiger partial charge is 0.305 e. The van der Waals surface area contributed by atoms with Crippen LogP contribution >= 0.6 is 0 Å². The molecule has 2 aromatic carbocycles. The van der Waals surface area contributed by atoms with Crippen molar-refractivity contribution in [1.82, 2.24) is 9.97 Å². The van der Waals surface area contributed by atoms with Crippen molar-refractivity contribution in [3.8, 4) is 0 Å². The van der Waals surface area contributed by atoms with E-state index < -0.39 is 0 Å². The molecule has 0 aliphatic carbocycles. The number of hydrogen-bond donors (Lipinski definition) is 0. The molecule has 0 radical (unpaired) electrons. The minimum atomic E-state index is -0.0805. The van der Waals surface area contributed by atoms with Gasteiger partial charge in [-0.25, -0.2) is 9.97 Å². The lowest BCUT2D eigenvalue weighted by Gasteiger charge is -2.21. The van der Waals surface area contributed by atoms with Crippen LogP contribution in [0.5, 0.6) is 0 Å². The number of carbonyl (C=O) groups excluding carboxylic acids is 1.